The van der Waals surface area contributed by atoms with E-state index in [1.165, 1.54) is 13.0 Å². The van der Waals surface area contributed by atoms with Gasteiger partial charge in [-0.1, -0.05) is 42.1 Å². The zero-order chi connectivity index (χ0) is 28.0. The van der Waals surface area contributed by atoms with Gasteiger partial charge in [-0.15, -0.1) is 0 Å². The summed E-state index contributed by atoms with van der Waals surface area (Å²) in [4.78, 5) is 39.4. The Hall–Kier alpha value is -2.92. The van der Waals surface area contributed by atoms with Crippen LogP contribution in [0.3, 0.4) is 0 Å². The molecular weight excluding hydrogens is 543 g/mol. The molecular formula is C26H29ClF3N3O4S. The van der Waals surface area contributed by atoms with E-state index in [4.69, 9.17) is 11.6 Å². The molecule has 0 aliphatic heterocycles. The molecule has 2 aromatic rings. The Morgan fingerprint density at radius 1 is 1.08 bits per heavy atom. The van der Waals surface area contributed by atoms with Crippen molar-refractivity contribution in [1.82, 2.24) is 5.32 Å². The number of aryl methyl sites for hydroxylation is 1. The summed E-state index contributed by atoms with van der Waals surface area (Å²) in [5.41, 5.74) is 0.0844. The maximum absolute atomic E-state index is 13.5. The summed E-state index contributed by atoms with van der Waals surface area (Å²) in [6.07, 6.45) is -1.37. The molecule has 38 heavy (non-hydrogen) atoms. The summed E-state index contributed by atoms with van der Waals surface area (Å²) in [5.74, 6) is -3.19. The van der Waals surface area contributed by atoms with E-state index in [1.807, 2.05) is 6.92 Å². The number of nitrogens with one attached hydrogen (secondary N) is 2. The molecule has 3 amide bonds. The minimum Gasteiger partial charge on any atom is -0.352 e. The third kappa shape index (κ3) is 8.04. The largest absolute Gasteiger partial charge is 0.417 e. The summed E-state index contributed by atoms with van der Waals surface area (Å²) >= 11 is 5.74. The predicted octanol–water partition coefficient (Wildman–Crippen LogP) is 4.83. The highest BCUT2D eigenvalue weighted by Crippen LogP contribution is 2.37. The topological polar surface area (TPSA) is 95.6 Å². The molecule has 0 aromatic heterocycles. The molecule has 2 N–H and O–H groups in total. The Balaban J connectivity index is 1.79. The number of halogens is 4. The second kappa shape index (κ2) is 12.8. The van der Waals surface area contributed by atoms with Crippen LogP contribution in [0.4, 0.5) is 24.5 Å². The highest BCUT2D eigenvalue weighted by Gasteiger charge is 2.36. The fraction of sp³-hybridized carbons (Fsp3) is 0.423. The Morgan fingerprint density at radius 2 is 1.71 bits per heavy atom. The summed E-state index contributed by atoms with van der Waals surface area (Å²) in [5, 5.41) is 4.86. The summed E-state index contributed by atoms with van der Waals surface area (Å²) in [6.45, 7) is 3.27. The van der Waals surface area contributed by atoms with Gasteiger partial charge in [0.2, 0.25) is 17.7 Å². The lowest BCUT2D eigenvalue weighted by atomic mass is 10.1. The van der Waals surface area contributed by atoms with Gasteiger partial charge in [0.25, 0.3) is 0 Å². The van der Waals surface area contributed by atoms with E-state index in [2.05, 4.69) is 10.6 Å². The van der Waals surface area contributed by atoms with Crippen molar-refractivity contribution in [3.8, 4) is 0 Å². The lowest BCUT2D eigenvalue weighted by molar-refractivity contribution is -0.137. The normalized spacial score (nSPS) is 15.5. The second-order valence-corrected chi connectivity index (χ2v) is 11.1. The molecule has 1 aliphatic carbocycles. The number of benzene rings is 2. The minimum absolute atomic E-state index is 0.0857. The van der Waals surface area contributed by atoms with Crippen molar-refractivity contribution in [3.05, 3.63) is 58.6 Å². The van der Waals surface area contributed by atoms with Crippen molar-refractivity contribution in [1.29, 1.82) is 0 Å². The second-order valence-electron chi connectivity index (χ2n) is 9.23. The number of amides is 3. The fourth-order valence-electron chi connectivity index (χ4n) is 4.21. The van der Waals surface area contributed by atoms with E-state index in [9.17, 15) is 31.8 Å². The van der Waals surface area contributed by atoms with Crippen LogP contribution in [0.2, 0.25) is 5.02 Å². The van der Waals surface area contributed by atoms with Gasteiger partial charge in [-0.25, -0.2) is 0 Å². The van der Waals surface area contributed by atoms with Crippen LogP contribution in [0.15, 0.2) is 42.5 Å². The SMILES string of the molecule is Cc1ccc(NC(=O)C[S@@](=O)CC(=O)N(c2ccc(Cl)c(C(F)(F)F)c2)[C@H](C)C(=O)NC2CCCC2)cc1. The quantitative estimate of drug-likeness (QED) is 0.450. The van der Waals surface area contributed by atoms with Gasteiger partial charge in [-0.2, -0.15) is 13.2 Å². The molecule has 3 rings (SSSR count). The highest BCUT2D eigenvalue weighted by atomic mass is 35.5. The van der Waals surface area contributed by atoms with E-state index in [1.54, 1.807) is 24.3 Å². The van der Waals surface area contributed by atoms with Crippen LogP contribution in [0, 0.1) is 6.92 Å². The molecule has 12 heteroatoms. The molecule has 1 saturated carbocycles. The number of hydrogen-bond acceptors (Lipinski definition) is 4. The third-order valence-electron chi connectivity index (χ3n) is 6.18. The summed E-state index contributed by atoms with van der Waals surface area (Å²) in [7, 11) is -2.00. The molecule has 0 radical (unpaired) electrons. The molecule has 1 aliphatic rings. The minimum atomic E-state index is -4.80. The van der Waals surface area contributed by atoms with Crippen molar-refractivity contribution in [2.75, 3.05) is 21.7 Å². The lowest BCUT2D eigenvalue weighted by Crippen LogP contribution is -2.51. The molecule has 7 nitrogen and oxygen atoms in total. The highest BCUT2D eigenvalue weighted by molar-refractivity contribution is 7.86. The van der Waals surface area contributed by atoms with Crippen LogP contribution in [0.25, 0.3) is 0 Å². The molecule has 2 aromatic carbocycles. The number of rotatable bonds is 9. The number of alkyl halides is 3. The van der Waals surface area contributed by atoms with Crippen LogP contribution in [-0.2, 0) is 31.4 Å². The zero-order valence-corrected chi connectivity index (χ0v) is 22.5. The molecule has 206 valence electrons. The van der Waals surface area contributed by atoms with Crippen molar-refractivity contribution in [3.63, 3.8) is 0 Å². The average Bonchev–Trinajstić information content (AvgIpc) is 3.33. The first-order valence-electron chi connectivity index (χ1n) is 12.1. The van der Waals surface area contributed by atoms with Crippen molar-refractivity contribution >= 4 is 51.5 Å². The van der Waals surface area contributed by atoms with Gasteiger partial charge in [-0.3, -0.25) is 23.5 Å². The molecule has 0 unspecified atom stereocenters. The van der Waals surface area contributed by atoms with Gasteiger partial charge in [0.15, 0.2) is 0 Å². The molecule has 0 saturated heterocycles. The molecule has 0 bridgehead atoms. The first kappa shape index (κ1) is 29.6. The van der Waals surface area contributed by atoms with Gasteiger partial charge >= 0.3 is 6.18 Å². The summed E-state index contributed by atoms with van der Waals surface area (Å²) < 4.78 is 53.2. The van der Waals surface area contributed by atoms with Crippen molar-refractivity contribution < 1.29 is 31.8 Å². The van der Waals surface area contributed by atoms with Crippen LogP contribution in [0.5, 0.6) is 0 Å². The van der Waals surface area contributed by atoms with Gasteiger partial charge < -0.3 is 10.6 Å². The van der Waals surface area contributed by atoms with E-state index in [-0.39, 0.29) is 11.7 Å². The van der Waals surface area contributed by atoms with E-state index in [0.29, 0.717) is 11.8 Å². The Kier molecular flexibility index (Phi) is 9.94. The first-order valence-corrected chi connectivity index (χ1v) is 13.9. The lowest BCUT2D eigenvalue weighted by Gasteiger charge is -2.30. The Bertz CT molecular complexity index is 1200. The monoisotopic (exact) mass is 571 g/mol. The van der Waals surface area contributed by atoms with Crippen LogP contribution >= 0.6 is 11.6 Å². The van der Waals surface area contributed by atoms with Gasteiger partial charge in [0.1, 0.15) is 17.5 Å². The molecule has 2 atom stereocenters. The van der Waals surface area contributed by atoms with Crippen molar-refractivity contribution in [2.45, 2.75) is 57.8 Å². The van der Waals surface area contributed by atoms with Crippen LogP contribution in [-0.4, -0.2) is 45.5 Å². The Labute approximate surface area is 226 Å². The number of nitrogens with zero attached hydrogens (tertiary/aromatic N) is 1. The predicted molar refractivity (Wildman–Crippen MR) is 141 cm³/mol. The Morgan fingerprint density at radius 3 is 2.32 bits per heavy atom. The van der Waals surface area contributed by atoms with E-state index in [0.717, 1.165) is 42.2 Å². The summed E-state index contributed by atoms with van der Waals surface area (Å²) in [6, 6.07) is 8.50. The van der Waals surface area contributed by atoms with Crippen LogP contribution in [0.1, 0.15) is 43.7 Å². The zero-order valence-electron chi connectivity index (χ0n) is 20.9. The standard InChI is InChI=1S/C26H29ClF3N3O4S/c1-16-7-9-19(10-8-16)31-23(34)14-38(37)15-24(35)33(17(2)25(36)32-18-5-3-4-6-18)20-11-12-22(27)21(13-20)26(28,29)30/h7-13,17-18H,3-6,14-15H2,1-2H3,(H,31,34)(H,32,36)/t17-,38-/m1/s1. The number of carbonyl (C=O) groups excluding carboxylic acids is 3. The maximum Gasteiger partial charge on any atom is 0.417 e. The number of hydrogen-bond donors (Lipinski definition) is 2. The van der Waals surface area contributed by atoms with Crippen LogP contribution < -0.4 is 15.5 Å². The fourth-order valence-corrected chi connectivity index (χ4v) is 5.32. The van der Waals surface area contributed by atoms with Crippen molar-refractivity contribution in [2.24, 2.45) is 0 Å². The smallest absolute Gasteiger partial charge is 0.352 e. The van der Waals surface area contributed by atoms with E-state index >= 15 is 0 Å². The average molecular weight is 572 g/mol. The maximum atomic E-state index is 13.5. The number of carbonyl (C=O) groups is 3. The van der Waals surface area contributed by atoms with Gasteiger partial charge in [-0.05, 0) is 57.0 Å². The molecule has 0 heterocycles. The first-order chi connectivity index (χ1) is 17.8. The van der Waals surface area contributed by atoms with Gasteiger partial charge in [0, 0.05) is 28.2 Å². The molecule has 1 fully saturated rings. The third-order valence-corrected chi connectivity index (χ3v) is 7.67. The molecule has 0 spiro atoms. The number of anilines is 2. The van der Waals surface area contributed by atoms with Gasteiger partial charge in [0.05, 0.1) is 10.6 Å². The van der Waals surface area contributed by atoms with E-state index < -0.39 is 62.8 Å².